The van der Waals surface area contributed by atoms with E-state index in [9.17, 15) is 9.59 Å². The van der Waals surface area contributed by atoms with Crippen LogP contribution >= 0.6 is 0 Å². The second-order valence-electron chi connectivity index (χ2n) is 5.90. The van der Waals surface area contributed by atoms with E-state index in [-0.39, 0.29) is 30.6 Å². The van der Waals surface area contributed by atoms with Crippen molar-refractivity contribution in [3.05, 3.63) is 35.9 Å². The van der Waals surface area contributed by atoms with E-state index in [1.807, 2.05) is 6.07 Å². The van der Waals surface area contributed by atoms with Crippen LogP contribution in [-0.4, -0.2) is 55.9 Å². The molecule has 0 radical (unpaired) electrons. The molecule has 0 aromatic heterocycles. The summed E-state index contributed by atoms with van der Waals surface area (Å²) in [6.07, 6.45) is 1.75. The Balaban J connectivity index is 1.48. The first-order valence-electron chi connectivity index (χ1n) is 8.08. The van der Waals surface area contributed by atoms with E-state index in [1.54, 1.807) is 29.2 Å². The van der Waals surface area contributed by atoms with Crippen molar-refractivity contribution < 1.29 is 19.1 Å². The molecule has 1 aromatic rings. The van der Waals surface area contributed by atoms with Gasteiger partial charge in [0.15, 0.2) is 6.29 Å². The normalized spacial score (nSPS) is 22.1. The number of nitrogens with zero attached hydrogens (tertiary/aromatic N) is 1. The Bertz CT molecular complexity index is 543. The van der Waals surface area contributed by atoms with Crippen molar-refractivity contribution in [3.8, 4) is 0 Å². The fourth-order valence-corrected chi connectivity index (χ4v) is 3.07. The van der Waals surface area contributed by atoms with Crippen molar-refractivity contribution in [1.29, 1.82) is 0 Å². The zero-order valence-corrected chi connectivity index (χ0v) is 13.1. The zero-order chi connectivity index (χ0) is 16.1. The van der Waals surface area contributed by atoms with Gasteiger partial charge in [-0.25, -0.2) is 0 Å². The van der Waals surface area contributed by atoms with Crippen LogP contribution in [0.5, 0.6) is 0 Å². The molecule has 2 fully saturated rings. The minimum absolute atomic E-state index is 0.0207. The van der Waals surface area contributed by atoms with Gasteiger partial charge in [-0.05, 0) is 25.0 Å². The maximum atomic E-state index is 12.3. The van der Waals surface area contributed by atoms with Gasteiger partial charge in [-0.15, -0.1) is 0 Å². The Morgan fingerprint density at radius 3 is 2.65 bits per heavy atom. The largest absolute Gasteiger partial charge is 0.350 e. The van der Waals surface area contributed by atoms with Crippen molar-refractivity contribution in [2.75, 3.05) is 32.8 Å². The predicted octanol–water partition coefficient (Wildman–Crippen LogP) is 1.03. The summed E-state index contributed by atoms with van der Waals surface area (Å²) in [5.41, 5.74) is 0.560. The third-order valence-electron chi connectivity index (χ3n) is 4.28. The molecule has 2 aliphatic heterocycles. The van der Waals surface area contributed by atoms with E-state index in [2.05, 4.69) is 5.32 Å². The molecule has 0 bridgehead atoms. The van der Waals surface area contributed by atoms with E-state index in [0.717, 1.165) is 19.4 Å². The van der Waals surface area contributed by atoms with E-state index in [1.165, 1.54) is 0 Å². The molecular formula is C17H22N2O4. The predicted molar refractivity (Wildman–Crippen MR) is 83.8 cm³/mol. The zero-order valence-electron chi connectivity index (χ0n) is 13.1. The summed E-state index contributed by atoms with van der Waals surface area (Å²) in [4.78, 5) is 26.1. The quantitative estimate of drug-likeness (QED) is 0.900. The maximum Gasteiger partial charge on any atom is 0.251 e. The minimum atomic E-state index is -0.227. The van der Waals surface area contributed by atoms with Crippen molar-refractivity contribution in [3.63, 3.8) is 0 Å². The van der Waals surface area contributed by atoms with Gasteiger partial charge < -0.3 is 19.7 Å². The van der Waals surface area contributed by atoms with E-state index in [4.69, 9.17) is 9.47 Å². The van der Waals surface area contributed by atoms with E-state index in [0.29, 0.717) is 25.3 Å². The average molecular weight is 318 g/mol. The summed E-state index contributed by atoms with van der Waals surface area (Å²) in [6, 6.07) is 8.90. The lowest BCUT2D eigenvalue weighted by Crippen LogP contribution is -2.47. The molecule has 1 aromatic carbocycles. The summed E-state index contributed by atoms with van der Waals surface area (Å²) in [5, 5.41) is 2.69. The Morgan fingerprint density at radius 2 is 1.91 bits per heavy atom. The molecule has 0 aliphatic carbocycles. The lowest BCUT2D eigenvalue weighted by atomic mass is 9.97. The molecule has 124 valence electrons. The van der Waals surface area contributed by atoms with Crippen molar-refractivity contribution in [2.24, 2.45) is 5.92 Å². The number of piperidine rings is 1. The summed E-state index contributed by atoms with van der Waals surface area (Å²) in [6.45, 7) is 2.63. The van der Waals surface area contributed by atoms with Crippen molar-refractivity contribution in [1.82, 2.24) is 10.2 Å². The Hall–Kier alpha value is -1.92. The fourth-order valence-electron chi connectivity index (χ4n) is 3.07. The van der Waals surface area contributed by atoms with Gasteiger partial charge in [0.25, 0.3) is 5.91 Å². The lowest BCUT2D eigenvalue weighted by molar-refractivity contribution is -0.138. The van der Waals surface area contributed by atoms with Crippen LogP contribution in [0.2, 0.25) is 0 Å². The highest BCUT2D eigenvalue weighted by Crippen LogP contribution is 2.24. The molecule has 2 amide bonds. The summed E-state index contributed by atoms with van der Waals surface area (Å²) in [5.74, 6) is -0.0630. The second kappa shape index (κ2) is 7.57. The van der Waals surface area contributed by atoms with Crippen LogP contribution in [0.3, 0.4) is 0 Å². The highest BCUT2D eigenvalue weighted by molar-refractivity contribution is 5.96. The van der Waals surface area contributed by atoms with Crippen LogP contribution in [0.1, 0.15) is 23.2 Å². The van der Waals surface area contributed by atoms with Gasteiger partial charge in [0.2, 0.25) is 5.91 Å². The van der Waals surface area contributed by atoms with Crippen LogP contribution < -0.4 is 5.32 Å². The monoisotopic (exact) mass is 318 g/mol. The SMILES string of the molecule is O=C(NCC(=O)N1CCCC(C2OCCO2)C1)c1ccccc1. The van der Waals surface area contributed by atoms with Crippen LogP contribution in [0.25, 0.3) is 0 Å². The topological polar surface area (TPSA) is 67.9 Å². The van der Waals surface area contributed by atoms with Gasteiger partial charge in [-0.2, -0.15) is 0 Å². The molecule has 6 nitrogen and oxygen atoms in total. The molecular weight excluding hydrogens is 296 g/mol. The number of amides is 2. The van der Waals surface area contributed by atoms with Crippen molar-refractivity contribution in [2.45, 2.75) is 19.1 Å². The van der Waals surface area contributed by atoms with Gasteiger partial charge in [0, 0.05) is 24.6 Å². The fraction of sp³-hybridized carbons (Fsp3) is 0.529. The van der Waals surface area contributed by atoms with Gasteiger partial charge in [-0.1, -0.05) is 18.2 Å². The number of ether oxygens (including phenoxy) is 2. The maximum absolute atomic E-state index is 12.3. The minimum Gasteiger partial charge on any atom is -0.350 e. The molecule has 3 rings (SSSR count). The molecule has 2 saturated heterocycles. The first-order valence-corrected chi connectivity index (χ1v) is 8.08. The standard InChI is InChI=1S/C17H22N2O4/c20-15(11-18-16(21)13-5-2-1-3-6-13)19-8-4-7-14(12-19)17-22-9-10-23-17/h1-3,5-6,14,17H,4,7-12H2,(H,18,21). The van der Waals surface area contributed by atoms with E-state index >= 15 is 0 Å². The molecule has 2 aliphatic rings. The number of hydrogen-bond donors (Lipinski definition) is 1. The molecule has 0 saturated carbocycles. The number of carbonyl (C=O) groups is 2. The van der Waals surface area contributed by atoms with Gasteiger partial charge in [-0.3, -0.25) is 9.59 Å². The third kappa shape index (κ3) is 4.09. The first kappa shape index (κ1) is 16.0. The van der Waals surface area contributed by atoms with Gasteiger partial charge in [0.05, 0.1) is 19.8 Å². The number of nitrogens with one attached hydrogen (secondary N) is 1. The molecule has 23 heavy (non-hydrogen) atoms. The Labute approximate surface area is 135 Å². The Morgan fingerprint density at radius 1 is 1.17 bits per heavy atom. The molecule has 0 spiro atoms. The smallest absolute Gasteiger partial charge is 0.251 e. The molecule has 6 heteroatoms. The number of rotatable bonds is 4. The molecule has 1 N–H and O–H groups in total. The second-order valence-corrected chi connectivity index (χ2v) is 5.90. The first-order chi connectivity index (χ1) is 11.2. The molecule has 2 heterocycles. The van der Waals surface area contributed by atoms with Gasteiger partial charge >= 0.3 is 0 Å². The molecule has 1 unspecified atom stereocenters. The van der Waals surface area contributed by atoms with Crippen LogP contribution in [0, 0.1) is 5.92 Å². The summed E-state index contributed by atoms with van der Waals surface area (Å²) in [7, 11) is 0. The number of benzene rings is 1. The van der Waals surface area contributed by atoms with Crippen LogP contribution in [0.4, 0.5) is 0 Å². The molecule has 1 atom stereocenters. The number of carbonyl (C=O) groups excluding carboxylic acids is 2. The lowest BCUT2D eigenvalue weighted by Gasteiger charge is -2.34. The van der Waals surface area contributed by atoms with E-state index < -0.39 is 0 Å². The third-order valence-corrected chi connectivity index (χ3v) is 4.28. The number of likely N-dealkylation sites (tertiary alicyclic amines) is 1. The van der Waals surface area contributed by atoms with Gasteiger partial charge in [0.1, 0.15) is 0 Å². The number of hydrogen-bond acceptors (Lipinski definition) is 4. The van der Waals surface area contributed by atoms with Crippen LogP contribution in [-0.2, 0) is 14.3 Å². The highest BCUT2D eigenvalue weighted by Gasteiger charge is 2.32. The average Bonchev–Trinajstić information content (AvgIpc) is 3.15. The van der Waals surface area contributed by atoms with Crippen LogP contribution in [0.15, 0.2) is 30.3 Å². The summed E-state index contributed by atoms with van der Waals surface area (Å²) >= 11 is 0. The highest BCUT2D eigenvalue weighted by atomic mass is 16.7. The van der Waals surface area contributed by atoms with Crippen molar-refractivity contribution >= 4 is 11.8 Å². The Kier molecular flexibility index (Phi) is 5.25. The summed E-state index contributed by atoms with van der Waals surface area (Å²) < 4.78 is 11.1.